The molecule has 0 saturated heterocycles. The van der Waals surface area contributed by atoms with Crippen LogP contribution in [0.15, 0.2) is 6.20 Å². The van der Waals surface area contributed by atoms with Crippen LogP contribution >= 0.6 is 0 Å². The van der Waals surface area contributed by atoms with Gasteiger partial charge in [0.05, 0.1) is 0 Å². The number of rotatable bonds is 0. The minimum Gasteiger partial charge on any atom is -0.335 e. The van der Waals surface area contributed by atoms with E-state index in [0.717, 1.165) is 5.82 Å². The molecule has 2 heteroatoms. The van der Waals surface area contributed by atoms with E-state index in [9.17, 15) is 0 Å². The zero-order chi connectivity index (χ0) is 8.65. The van der Waals surface area contributed by atoms with Crippen LogP contribution < -0.4 is 0 Å². The van der Waals surface area contributed by atoms with Gasteiger partial charge < -0.3 is 4.57 Å². The Kier molecular flexibility index (Phi) is 1.78. The first-order chi connectivity index (χ1) is 4.93. The predicted molar refractivity (Wildman–Crippen MR) is 46.6 cm³/mol. The predicted octanol–water partition coefficient (Wildman–Crippen LogP) is 2.03. The maximum absolute atomic E-state index is 4.25. The molecule has 11 heavy (non-hydrogen) atoms. The van der Waals surface area contributed by atoms with E-state index in [4.69, 9.17) is 0 Å². The van der Waals surface area contributed by atoms with Gasteiger partial charge in [0.15, 0.2) is 0 Å². The van der Waals surface area contributed by atoms with E-state index in [1.807, 2.05) is 13.1 Å². The zero-order valence-corrected chi connectivity index (χ0v) is 7.97. The van der Waals surface area contributed by atoms with Gasteiger partial charge >= 0.3 is 0 Å². The lowest BCUT2D eigenvalue weighted by Gasteiger charge is -2.18. The lowest BCUT2D eigenvalue weighted by atomic mass is 9.93. The van der Waals surface area contributed by atoms with Crippen molar-refractivity contribution in [2.45, 2.75) is 33.1 Å². The molecule has 0 saturated carbocycles. The van der Waals surface area contributed by atoms with Gasteiger partial charge in [0, 0.05) is 24.4 Å². The van der Waals surface area contributed by atoms with Crippen LogP contribution in [0.4, 0.5) is 0 Å². The van der Waals surface area contributed by atoms with Crippen LogP contribution in [0.3, 0.4) is 0 Å². The molecule has 1 heterocycles. The fourth-order valence-electron chi connectivity index (χ4n) is 1.20. The van der Waals surface area contributed by atoms with Crippen molar-refractivity contribution in [2.75, 3.05) is 0 Å². The summed E-state index contributed by atoms with van der Waals surface area (Å²) in [7, 11) is 2.06. The Morgan fingerprint density at radius 2 is 1.91 bits per heavy atom. The molecular weight excluding hydrogens is 136 g/mol. The van der Waals surface area contributed by atoms with Gasteiger partial charge in [-0.2, -0.15) is 0 Å². The smallest absolute Gasteiger partial charge is 0.105 e. The third kappa shape index (κ3) is 1.44. The van der Waals surface area contributed by atoms with Crippen LogP contribution in [-0.4, -0.2) is 9.55 Å². The summed E-state index contributed by atoms with van der Waals surface area (Å²) in [6, 6.07) is 0. The molecule has 0 radical (unpaired) electrons. The van der Waals surface area contributed by atoms with Crippen molar-refractivity contribution in [1.82, 2.24) is 9.55 Å². The topological polar surface area (TPSA) is 17.8 Å². The van der Waals surface area contributed by atoms with E-state index in [2.05, 4.69) is 37.4 Å². The highest BCUT2D eigenvalue weighted by atomic mass is 15.1. The fraction of sp³-hybridized carbons (Fsp3) is 0.667. The number of aryl methyl sites for hydroxylation is 1. The minimum absolute atomic E-state index is 0.204. The monoisotopic (exact) mass is 152 g/mol. The zero-order valence-electron chi connectivity index (χ0n) is 7.97. The highest BCUT2D eigenvalue weighted by molar-refractivity contribution is 5.13. The summed E-state index contributed by atoms with van der Waals surface area (Å²) < 4.78 is 2.14. The van der Waals surface area contributed by atoms with Crippen molar-refractivity contribution in [3.63, 3.8) is 0 Å². The SMILES string of the molecule is Cc1ncc(C(C)(C)C)n1C. The van der Waals surface area contributed by atoms with Crippen molar-refractivity contribution in [3.05, 3.63) is 17.7 Å². The largest absolute Gasteiger partial charge is 0.335 e. The fourth-order valence-corrected chi connectivity index (χ4v) is 1.20. The lowest BCUT2D eigenvalue weighted by molar-refractivity contribution is 0.539. The third-order valence-corrected chi connectivity index (χ3v) is 1.99. The molecule has 0 unspecified atom stereocenters. The Morgan fingerprint density at radius 3 is 2.09 bits per heavy atom. The van der Waals surface area contributed by atoms with Gasteiger partial charge in [-0.1, -0.05) is 20.8 Å². The normalized spacial score (nSPS) is 12.1. The van der Waals surface area contributed by atoms with Crippen molar-refractivity contribution >= 4 is 0 Å². The first kappa shape index (κ1) is 8.31. The van der Waals surface area contributed by atoms with Crippen LogP contribution in [0.5, 0.6) is 0 Å². The van der Waals surface area contributed by atoms with Crippen LogP contribution in [0.1, 0.15) is 32.3 Å². The van der Waals surface area contributed by atoms with E-state index < -0.39 is 0 Å². The highest BCUT2D eigenvalue weighted by Gasteiger charge is 2.17. The summed E-state index contributed by atoms with van der Waals surface area (Å²) in [5.74, 6) is 1.08. The quantitative estimate of drug-likeness (QED) is 0.556. The molecular formula is C9H16N2. The van der Waals surface area contributed by atoms with Gasteiger partial charge in [-0.3, -0.25) is 0 Å². The molecule has 0 bridgehead atoms. The molecule has 1 aromatic rings. The summed E-state index contributed by atoms with van der Waals surface area (Å²) in [6.07, 6.45) is 1.95. The van der Waals surface area contributed by atoms with E-state index in [0.29, 0.717) is 0 Å². The molecule has 0 spiro atoms. The first-order valence-corrected chi connectivity index (χ1v) is 3.91. The maximum Gasteiger partial charge on any atom is 0.105 e. The lowest BCUT2D eigenvalue weighted by Crippen LogP contribution is -2.16. The van der Waals surface area contributed by atoms with Crippen molar-refractivity contribution in [3.8, 4) is 0 Å². The summed E-state index contributed by atoms with van der Waals surface area (Å²) in [4.78, 5) is 4.25. The second-order valence-corrected chi connectivity index (χ2v) is 4.00. The number of imidazole rings is 1. The maximum atomic E-state index is 4.25. The third-order valence-electron chi connectivity index (χ3n) is 1.99. The molecule has 0 N–H and O–H groups in total. The number of hydrogen-bond acceptors (Lipinski definition) is 1. The Balaban J connectivity index is 3.15. The second-order valence-electron chi connectivity index (χ2n) is 4.00. The highest BCUT2D eigenvalue weighted by Crippen LogP contribution is 2.21. The van der Waals surface area contributed by atoms with Crippen LogP contribution in [-0.2, 0) is 12.5 Å². The average Bonchev–Trinajstić information content (AvgIpc) is 2.11. The Labute approximate surface area is 68.3 Å². The first-order valence-electron chi connectivity index (χ1n) is 3.91. The molecule has 0 aliphatic carbocycles. The molecule has 0 fully saturated rings. The Hall–Kier alpha value is -0.790. The molecule has 1 aromatic heterocycles. The second kappa shape index (κ2) is 2.36. The van der Waals surface area contributed by atoms with E-state index in [-0.39, 0.29) is 5.41 Å². The molecule has 0 aliphatic rings. The van der Waals surface area contributed by atoms with Crippen molar-refractivity contribution < 1.29 is 0 Å². The van der Waals surface area contributed by atoms with Crippen molar-refractivity contribution in [1.29, 1.82) is 0 Å². The molecule has 0 aromatic carbocycles. The van der Waals surface area contributed by atoms with Gasteiger partial charge in [0.2, 0.25) is 0 Å². The van der Waals surface area contributed by atoms with Gasteiger partial charge in [-0.25, -0.2) is 4.98 Å². The van der Waals surface area contributed by atoms with Gasteiger partial charge in [0.1, 0.15) is 5.82 Å². The van der Waals surface area contributed by atoms with Gasteiger partial charge in [0.25, 0.3) is 0 Å². The van der Waals surface area contributed by atoms with E-state index in [1.54, 1.807) is 0 Å². The van der Waals surface area contributed by atoms with Gasteiger partial charge in [-0.15, -0.1) is 0 Å². The Morgan fingerprint density at radius 1 is 1.36 bits per heavy atom. The summed E-state index contributed by atoms with van der Waals surface area (Å²) in [5.41, 5.74) is 1.49. The molecule has 2 nitrogen and oxygen atoms in total. The van der Waals surface area contributed by atoms with Crippen molar-refractivity contribution in [2.24, 2.45) is 7.05 Å². The van der Waals surface area contributed by atoms with Gasteiger partial charge in [-0.05, 0) is 6.92 Å². The number of nitrogens with zero attached hydrogens (tertiary/aromatic N) is 2. The van der Waals surface area contributed by atoms with E-state index in [1.165, 1.54) is 5.69 Å². The molecule has 0 atom stereocenters. The van der Waals surface area contributed by atoms with Crippen LogP contribution in [0, 0.1) is 6.92 Å². The standard InChI is InChI=1S/C9H16N2/c1-7-10-6-8(11(7)5)9(2,3)4/h6H,1-5H3. The summed E-state index contributed by atoms with van der Waals surface area (Å²) >= 11 is 0. The van der Waals surface area contributed by atoms with E-state index >= 15 is 0 Å². The van der Waals surface area contributed by atoms with Crippen LogP contribution in [0.25, 0.3) is 0 Å². The molecule has 0 aliphatic heterocycles. The summed E-state index contributed by atoms with van der Waals surface area (Å²) in [6.45, 7) is 8.62. The minimum atomic E-state index is 0.204. The number of aromatic nitrogens is 2. The summed E-state index contributed by atoms with van der Waals surface area (Å²) in [5, 5.41) is 0. The van der Waals surface area contributed by atoms with Crippen LogP contribution in [0.2, 0.25) is 0 Å². The number of hydrogen-bond donors (Lipinski definition) is 0. The molecule has 0 amide bonds. The Bertz CT molecular complexity index is 253. The molecule has 62 valence electrons. The molecule has 1 rings (SSSR count). The average molecular weight is 152 g/mol.